The van der Waals surface area contributed by atoms with Gasteiger partial charge in [0.25, 0.3) is 0 Å². The minimum Gasteiger partial charge on any atom is -0.454 e. The van der Waals surface area contributed by atoms with Crippen LogP contribution in [-0.4, -0.2) is 24.3 Å². The van der Waals surface area contributed by atoms with Crippen LogP contribution < -0.4 is 5.32 Å². The summed E-state index contributed by atoms with van der Waals surface area (Å²) in [6, 6.07) is 6.79. The highest BCUT2D eigenvalue weighted by molar-refractivity contribution is 7.12. The number of hydrogen-bond acceptors (Lipinski definition) is 5. The van der Waals surface area contributed by atoms with Crippen molar-refractivity contribution in [3.8, 4) is 0 Å². The summed E-state index contributed by atoms with van der Waals surface area (Å²) in [4.78, 5) is 37.9. The molecule has 1 atom stereocenters. The van der Waals surface area contributed by atoms with Gasteiger partial charge in [0, 0.05) is 21.0 Å². The molecule has 0 bridgehead atoms. The van der Waals surface area contributed by atoms with Gasteiger partial charge in [0.05, 0.1) is 11.5 Å². The predicted molar refractivity (Wildman–Crippen MR) is 91.9 cm³/mol. The maximum Gasteiger partial charge on any atom is 0.339 e. The maximum atomic E-state index is 12.3. The summed E-state index contributed by atoms with van der Waals surface area (Å²) in [7, 11) is 0. The van der Waals surface area contributed by atoms with Crippen molar-refractivity contribution in [3.05, 3.63) is 50.7 Å². The van der Waals surface area contributed by atoms with Crippen LogP contribution in [0, 0.1) is 13.8 Å². The summed E-state index contributed by atoms with van der Waals surface area (Å²) < 4.78 is 5.14. The topological polar surface area (TPSA) is 72.5 Å². The summed E-state index contributed by atoms with van der Waals surface area (Å²) in [5, 5.41) is 2.76. The number of nitrogens with one attached hydrogen (secondary N) is 1. The van der Waals surface area contributed by atoms with Crippen molar-refractivity contribution in [1.29, 1.82) is 0 Å². The van der Waals surface area contributed by atoms with Gasteiger partial charge < -0.3 is 10.1 Å². The molecule has 2 aromatic rings. The van der Waals surface area contributed by atoms with E-state index in [0.717, 1.165) is 21.0 Å². The van der Waals surface area contributed by atoms with Crippen molar-refractivity contribution >= 4 is 34.7 Å². The molecule has 1 aromatic carbocycles. The lowest BCUT2D eigenvalue weighted by molar-refractivity contribution is -0.116. The second-order valence-corrected chi connectivity index (χ2v) is 7.30. The fraction of sp³-hybridized carbons (Fsp3) is 0.278. The summed E-state index contributed by atoms with van der Waals surface area (Å²) in [5.41, 5.74) is 2.46. The molecule has 6 heteroatoms. The van der Waals surface area contributed by atoms with Gasteiger partial charge in [0.1, 0.15) is 0 Å². The van der Waals surface area contributed by atoms with Gasteiger partial charge in [0.15, 0.2) is 12.4 Å². The number of carbonyl (C=O) groups is 3. The number of carbonyl (C=O) groups excluding carboxylic acids is 3. The van der Waals surface area contributed by atoms with Crippen LogP contribution in [0.4, 0.5) is 5.69 Å². The Bertz CT molecular complexity index is 853. The molecule has 2 heterocycles. The third-order valence-corrected chi connectivity index (χ3v) is 5.05. The van der Waals surface area contributed by atoms with E-state index in [1.165, 1.54) is 11.3 Å². The molecule has 1 aliphatic heterocycles. The lowest BCUT2D eigenvalue weighted by atomic mass is 9.99. The molecule has 0 spiro atoms. The van der Waals surface area contributed by atoms with Gasteiger partial charge in [-0.25, -0.2) is 4.79 Å². The number of anilines is 1. The second-order valence-electron chi connectivity index (χ2n) is 5.84. The smallest absolute Gasteiger partial charge is 0.339 e. The van der Waals surface area contributed by atoms with Gasteiger partial charge in [-0.3, -0.25) is 9.59 Å². The number of fused-ring (bicyclic) bond motifs is 1. The van der Waals surface area contributed by atoms with Crippen LogP contribution in [-0.2, 0) is 9.53 Å². The molecule has 0 saturated heterocycles. The van der Waals surface area contributed by atoms with Crippen LogP contribution in [0.1, 0.15) is 48.9 Å². The first-order valence-electron chi connectivity index (χ1n) is 7.59. The monoisotopic (exact) mass is 343 g/mol. The van der Waals surface area contributed by atoms with Gasteiger partial charge >= 0.3 is 5.97 Å². The standard InChI is InChI=1S/C18H17NO4S/c1-9-6-14(11(3)24-9)18(22)23-8-16(20)12-4-5-15-13(7-12)10(2)17(21)19-15/h4-7,10H,8H2,1-3H3,(H,19,21)/t10-/m1/s1. The highest BCUT2D eigenvalue weighted by Crippen LogP contribution is 2.32. The van der Waals surface area contributed by atoms with E-state index in [2.05, 4.69) is 5.32 Å². The minimum absolute atomic E-state index is 0.0793. The third kappa shape index (κ3) is 2.97. The zero-order valence-corrected chi connectivity index (χ0v) is 14.5. The maximum absolute atomic E-state index is 12.3. The van der Waals surface area contributed by atoms with Crippen LogP contribution in [0.3, 0.4) is 0 Å². The largest absolute Gasteiger partial charge is 0.454 e. The normalized spacial score (nSPS) is 15.8. The lowest BCUT2D eigenvalue weighted by Crippen LogP contribution is -2.14. The van der Waals surface area contributed by atoms with Crippen LogP contribution in [0.25, 0.3) is 0 Å². The Balaban J connectivity index is 1.69. The van der Waals surface area contributed by atoms with Gasteiger partial charge in [-0.05, 0) is 50.6 Å². The Labute approximate surface area is 143 Å². The van der Waals surface area contributed by atoms with Crippen molar-refractivity contribution in [2.75, 3.05) is 11.9 Å². The second kappa shape index (κ2) is 6.20. The Hall–Kier alpha value is -2.47. The van der Waals surface area contributed by atoms with Gasteiger partial charge in [-0.2, -0.15) is 0 Å². The molecule has 1 amide bonds. The van der Waals surface area contributed by atoms with E-state index in [0.29, 0.717) is 11.1 Å². The number of hydrogen-bond donors (Lipinski definition) is 1. The van der Waals surface area contributed by atoms with Crippen molar-refractivity contribution < 1.29 is 19.1 Å². The van der Waals surface area contributed by atoms with Gasteiger partial charge in [-0.1, -0.05) is 0 Å². The Morgan fingerprint density at radius 1 is 1.25 bits per heavy atom. The Morgan fingerprint density at radius 3 is 2.67 bits per heavy atom. The van der Waals surface area contributed by atoms with E-state index in [-0.39, 0.29) is 24.2 Å². The summed E-state index contributed by atoms with van der Waals surface area (Å²) in [5.74, 6) is -1.14. The SMILES string of the molecule is Cc1cc(C(=O)OCC(=O)c2ccc3c(c2)[C@@H](C)C(=O)N3)c(C)s1. The zero-order chi connectivity index (χ0) is 17.4. The Morgan fingerprint density at radius 2 is 2.00 bits per heavy atom. The molecule has 0 unspecified atom stereocenters. The predicted octanol–water partition coefficient (Wildman–Crippen LogP) is 3.46. The lowest BCUT2D eigenvalue weighted by Gasteiger charge is -2.07. The van der Waals surface area contributed by atoms with Crippen LogP contribution in [0.15, 0.2) is 24.3 Å². The van der Waals surface area contributed by atoms with E-state index in [9.17, 15) is 14.4 Å². The summed E-state index contributed by atoms with van der Waals surface area (Å²) in [6.45, 7) is 5.24. The van der Waals surface area contributed by atoms with E-state index < -0.39 is 5.97 Å². The molecule has 5 nitrogen and oxygen atoms in total. The number of ether oxygens (including phenoxy) is 1. The molecule has 0 saturated carbocycles. The van der Waals surface area contributed by atoms with Crippen LogP contribution >= 0.6 is 11.3 Å². The highest BCUT2D eigenvalue weighted by Gasteiger charge is 2.27. The quantitative estimate of drug-likeness (QED) is 0.681. The third-order valence-electron chi connectivity index (χ3n) is 4.09. The molecule has 1 aromatic heterocycles. The van der Waals surface area contributed by atoms with Gasteiger partial charge in [-0.15, -0.1) is 11.3 Å². The average molecular weight is 343 g/mol. The van der Waals surface area contributed by atoms with Gasteiger partial charge in [0.2, 0.25) is 5.91 Å². The molecule has 0 fully saturated rings. The first-order chi connectivity index (χ1) is 11.4. The molecule has 124 valence electrons. The van der Waals surface area contributed by atoms with Crippen LogP contribution in [0.5, 0.6) is 0 Å². The number of benzene rings is 1. The number of Topliss-reactive ketones (excluding diaryl/α,β-unsaturated/α-hetero) is 1. The number of amides is 1. The molecule has 1 aliphatic rings. The van der Waals surface area contributed by atoms with Crippen molar-refractivity contribution in [2.45, 2.75) is 26.7 Å². The van der Waals surface area contributed by atoms with E-state index >= 15 is 0 Å². The minimum atomic E-state index is -0.489. The molecule has 24 heavy (non-hydrogen) atoms. The van der Waals surface area contributed by atoms with E-state index in [1.54, 1.807) is 31.2 Å². The number of ketones is 1. The zero-order valence-electron chi connectivity index (χ0n) is 13.6. The number of rotatable bonds is 4. The molecule has 3 rings (SSSR count). The highest BCUT2D eigenvalue weighted by atomic mass is 32.1. The first kappa shape index (κ1) is 16.4. The van der Waals surface area contributed by atoms with Crippen LogP contribution in [0.2, 0.25) is 0 Å². The molecular formula is C18H17NO4S. The van der Waals surface area contributed by atoms with Crippen molar-refractivity contribution in [2.24, 2.45) is 0 Å². The summed E-state index contributed by atoms with van der Waals surface area (Å²) in [6.07, 6.45) is 0. The molecule has 0 radical (unpaired) electrons. The molecular weight excluding hydrogens is 326 g/mol. The first-order valence-corrected chi connectivity index (χ1v) is 8.40. The van der Waals surface area contributed by atoms with Crippen molar-refractivity contribution in [1.82, 2.24) is 0 Å². The van der Waals surface area contributed by atoms with E-state index in [1.807, 2.05) is 13.8 Å². The van der Waals surface area contributed by atoms with Crippen molar-refractivity contribution in [3.63, 3.8) is 0 Å². The molecule has 0 aliphatic carbocycles. The van der Waals surface area contributed by atoms with E-state index in [4.69, 9.17) is 4.74 Å². The Kier molecular flexibility index (Phi) is 4.24. The number of esters is 1. The fourth-order valence-electron chi connectivity index (χ4n) is 2.72. The fourth-order valence-corrected chi connectivity index (χ4v) is 3.63. The average Bonchev–Trinajstić information content (AvgIpc) is 3.03. The molecule has 1 N–H and O–H groups in total. The number of thiophene rings is 1. The summed E-state index contributed by atoms with van der Waals surface area (Å²) >= 11 is 1.52. The number of aryl methyl sites for hydroxylation is 2.